The number of alkyl halides is 3. The van der Waals surface area contributed by atoms with Gasteiger partial charge in [-0.3, -0.25) is 0 Å². The number of aliphatic hydroxyl groups is 1. The van der Waals surface area contributed by atoms with Crippen LogP contribution in [-0.4, -0.2) is 23.9 Å². The van der Waals surface area contributed by atoms with Crippen molar-refractivity contribution in [2.24, 2.45) is 5.73 Å². The fourth-order valence-corrected chi connectivity index (χ4v) is 0.351. The fourth-order valence-electron chi connectivity index (χ4n) is 0.351. The van der Waals surface area contributed by atoms with E-state index in [4.69, 9.17) is 10.8 Å². The van der Waals surface area contributed by atoms with Crippen molar-refractivity contribution in [1.82, 2.24) is 0 Å². The molecule has 3 N–H and O–H groups in total. The Morgan fingerprint density at radius 2 is 1.89 bits per heavy atom. The first-order chi connectivity index (χ1) is 3.95. The van der Waals surface area contributed by atoms with Crippen molar-refractivity contribution >= 4 is 0 Å². The number of halogens is 3. The minimum absolute atomic E-state index is 0.348. The topological polar surface area (TPSA) is 46.2 Å². The van der Waals surface area contributed by atoms with E-state index in [0.29, 0.717) is 0 Å². The van der Waals surface area contributed by atoms with Gasteiger partial charge in [0.05, 0.1) is 12.5 Å². The molecular formula is C4H8F3NO. The standard InChI is InChI=1S/C4H8F3NO/c5-4(6,7)1-3(9)2-8/h3,9H,1-2,8H2/t3-/m0/s1. The van der Waals surface area contributed by atoms with Crippen molar-refractivity contribution in [3.63, 3.8) is 0 Å². The van der Waals surface area contributed by atoms with Gasteiger partial charge >= 0.3 is 6.18 Å². The second kappa shape index (κ2) is 3.03. The number of aliphatic hydroxyl groups excluding tert-OH is 1. The Balaban J connectivity index is 3.47. The lowest BCUT2D eigenvalue weighted by molar-refractivity contribution is -0.152. The summed E-state index contributed by atoms with van der Waals surface area (Å²) in [4.78, 5) is 0. The Kier molecular flexibility index (Phi) is 2.93. The molecule has 0 spiro atoms. The molecule has 0 radical (unpaired) electrons. The zero-order chi connectivity index (χ0) is 7.49. The normalized spacial score (nSPS) is 15.7. The molecule has 0 heterocycles. The monoisotopic (exact) mass is 143 g/mol. The van der Waals surface area contributed by atoms with Crippen LogP contribution >= 0.6 is 0 Å². The molecule has 0 saturated carbocycles. The molecule has 0 aromatic heterocycles. The molecule has 0 rings (SSSR count). The van der Waals surface area contributed by atoms with Gasteiger partial charge in [0, 0.05) is 6.54 Å². The average Bonchev–Trinajstić information content (AvgIpc) is 1.62. The van der Waals surface area contributed by atoms with E-state index in [-0.39, 0.29) is 6.54 Å². The lowest BCUT2D eigenvalue weighted by Gasteiger charge is -2.09. The molecule has 0 aliphatic heterocycles. The highest BCUT2D eigenvalue weighted by Crippen LogP contribution is 2.20. The Morgan fingerprint density at radius 1 is 1.44 bits per heavy atom. The van der Waals surface area contributed by atoms with Gasteiger partial charge in [0.15, 0.2) is 0 Å². The van der Waals surface area contributed by atoms with Crippen LogP contribution in [0.5, 0.6) is 0 Å². The van der Waals surface area contributed by atoms with E-state index in [0.717, 1.165) is 0 Å². The quantitative estimate of drug-likeness (QED) is 0.582. The van der Waals surface area contributed by atoms with Crippen LogP contribution in [-0.2, 0) is 0 Å². The maximum absolute atomic E-state index is 11.3. The van der Waals surface area contributed by atoms with E-state index < -0.39 is 18.7 Å². The Hall–Kier alpha value is -0.290. The molecule has 0 aliphatic carbocycles. The molecule has 0 amide bonds. The minimum Gasteiger partial charge on any atom is -0.391 e. The van der Waals surface area contributed by atoms with Crippen molar-refractivity contribution in [1.29, 1.82) is 0 Å². The van der Waals surface area contributed by atoms with Gasteiger partial charge in [-0.05, 0) is 0 Å². The lowest BCUT2D eigenvalue weighted by Crippen LogP contribution is -2.26. The van der Waals surface area contributed by atoms with Crippen molar-refractivity contribution in [3.8, 4) is 0 Å². The summed E-state index contributed by atoms with van der Waals surface area (Å²) in [6, 6.07) is 0. The summed E-state index contributed by atoms with van der Waals surface area (Å²) in [5.41, 5.74) is 4.73. The molecule has 1 atom stereocenters. The third-order valence-corrected chi connectivity index (χ3v) is 0.739. The van der Waals surface area contributed by atoms with Crippen LogP contribution in [0.15, 0.2) is 0 Å². The number of hydrogen-bond acceptors (Lipinski definition) is 2. The number of rotatable bonds is 2. The first kappa shape index (κ1) is 8.71. The summed E-state index contributed by atoms with van der Waals surface area (Å²) in [6.45, 7) is -0.348. The first-order valence-corrected chi connectivity index (χ1v) is 2.40. The molecule has 9 heavy (non-hydrogen) atoms. The van der Waals surface area contributed by atoms with Crippen LogP contribution < -0.4 is 5.73 Å². The van der Waals surface area contributed by atoms with Crippen molar-refractivity contribution < 1.29 is 18.3 Å². The third kappa shape index (κ3) is 5.58. The van der Waals surface area contributed by atoms with Crippen LogP contribution in [0.1, 0.15) is 6.42 Å². The van der Waals surface area contributed by atoms with Crippen molar-refractivity contribution in [2.75, 3.05) is 6.54 Å². The van der Waals surface area contributed by atoms with E-state index >= 15 is 0 Å². The molecule has 5 heteroatoms. The predicted molar refractivity (Wildman–Crippen MR) is 25.7 cm³/mol. The smallest absolute Gasteiger partial charge is 0.391 e. The largest absolute Gasteiger partial charge is 0.391 e. The van der Waals surface area contributed by atoms with E-state index in [1.807, 2.05) is 0 Å². The Morgan fingerprint density at radius 3 is 2.00 bits per heavy atom. The number of nitrogens with two attached hydrogens (primary N) is 1. The molecule has 0 aromatic carbocycles. The minimum atomic E-state index is -4.31. The Bertz CT molecular complexity index is 82.4. The maximum atomic E-state index is 11.3. The number of hydrogen-bond donors (Lipinski definition) is 2. The Labute approximate surface area is 50.5 Å². The average molecular weight is 143 g/mol. The maximum Gasteiger partial charge on any atom is 0.391 e. The third-order valence-electron chi connectivity index (χ3n) is 0.739. The van der Waals surface area contributed by atoms with Gasteiger partial charge in [0.1, 0.15) is 0 Å². The fraction of sp³-hybridized carbons (Fsp3) is 1.00. The highest BCUT2D eigenvalue weighted by atomic mass is 19.4. The van der Waals surface area contributed by atoms with Crippen LogP contribution in [0, 0.1) is 0 Å². The molecule has 0 aliphatic rings. The summed E-state index contributed by atoms with van der Waals surface area (Å²) >= 11 is 0. The molecule has 0 unspecified atom stereocenters. The molecule has 56 valence electrons. The highest BCUT2D eigenvalue weighted by Gasteiger charge is 2.30. The lowest BCUT2D eigenvalue weighted by atomic mass is 10.2. The molecule has 0 saturated heterocycles. The van der Waals surface area contributed by atoms with Gasteiger partial charge in [-0.25, -0.2) is 0 Å². The van der Waals surface area contributed by atoms with Crippen LogP contribution in [0.4, 0.5) is 13.2 Å². The first-order valence-electron chi connectivity index (χ1n) is 2.40. The van der Waals surface area contributed by atoms with Gasteiger partial charge in [0.2, 0.25) is 0 Å². The summed E-state index contributed by atoms with van der Waals surface area (Å²) in [5, 5.41) is 8.35. The summed E-state index contributed by atoms with van der Waals surface area (Å²) in [7, 11) is 0. The van der Waals surface area contributed by atoms with E-state index in [1.165, 1.54) is 0 Å². The van der Waals surface area contributed by atoms with Crippen LogP contribution in [0.2, 0.25) is 0 Å². The van der Waals surface area contributed by atoms with E-state index in [1.54, 1.807) is 0 Å². The molecule has 0 aromatic rings. The van der Waals surface area contributed by atoms with Crippen molar-refractivity contribution in [3.05, 3.63) is 0 Å². The predicted octanol–water partition coefficient (Wildman–Crippen LogP) is 0.258. The molecular weight excluding hydrogens is 135 g/mol. The summed E-state index contributed by atoms with van der Waals surface area (Å²) in [5.74, 6) is 0. The second-order valence-corrected chi connectivity index (χ2v) is 1.71. The molecule has 2 nitrogen and oxygen atoms in total. The van der Waals surface area contributed by atoms with Gasteiger partial charge in [-0.2, -0.15) is 13.2 Å². The van der Waals surface area contributed by atoms with Crippen LogP contribution in [0.3, 0.4) is 0 Å². The van der Waals surface area contributed by atoms with Crippen LogP contribution in [0.25, 0.3) is 0 Å². The van der Waals surface area contributed by atoms with Gasteiger partial charge in [0.25, 0.3) is 0 Å². The zero-order valence-electron chi connectivity index (χ0n) is 4.65. The van der Waals surface area contributed by atoms with Gasteiger partial charge in [-0.15, -0.1) is 0 Å². The van der Waals surface area contributed by atoms with Gasteiger partial charge in [-0.1, -0.05) is 0 Å². The highest BCUT2D eigenvalue weighted by molar-refractivity contribution is 4.60. The molecule has 0 fully saturated rings. The van der Waals surface area contributed by atoms with Gasteiger partial charge < -0.3 is 10.8 Å². The van der Waals surface area contributed by atoms with E-state index in [9.17, 15) is 13.2 Å². The second-order valence-electron chi connectivity index (χ2n) is 1.71. The summed E-state index contributed by atoms with van der Waals surface area (Å²) in [6.07, 6.45) is -6.98. The molecule has 0 bridgehead atoms. The van der Waals surface area contributed by atoms with E-state index in [2.05, 4.69) is 0 Å². The van der Waals surface area contributed by atoms with Crippen molar-refractivity contribution in [2.45, 2.75) is 18.7 Å². The summed E-state index contributed by atoms with van der Waals surface area (Å²) < 4.78 is 33.8. The zero-order valence-corrected chi connectivity index (χ0v) is 4.65. The SMILES string of the molecule is NC[C@@H](O)CC(F)(F)F.